The molecule has 0 aliphatic rings. The third-order valence-corrected chi connectivity index (χ3v) is 4.38. The van der Waals surface area contributed by atoms with Gasteiger partial charge in [-0.05, 0) is 40.6 Å². The Labute approximate surface area is 163 Å². The molecule has 0 saturated heterocycles. The number of benzene rings is 3. The highest BCUT2D eigenvalue weighted by Crippen LogP contribution is 2.24. The number of carbonyl (C=O) groups excluding carboxylic acids is 1. The highest BCUT2D eigenvalue weighted by Gasteiger charge is 2.11. The summed E-state index contributed by atoms with van der Waals surface area (Å²) < 4.78 is 0. The van der Waals surface area contributed by atoms with Gasteiger partial charge in [-0.2, -0.15) is 10.4 Å². The molecule has 6 nitrogen and oxygen atoms in total. The summed E-state index contributed by atoms with van der Waals surface area (Å²) >= 11 is 0. The summed E-state index contributed by atoms with van der Waals surface area (Å²) in [5, 5.41) is 24.5. The molecule has 0 radical (unpaired) electrons. The first-order chi connectivity index (χ1) is 13.6. The Kier molecular flexibility index (Phi) is 5.87. The Bertz CT molecular complexity index is 1050. The minimum absolute atomic E-state index is 0.0869. The Balaban J connectivity index is 1.65. The van der Waals surface area contributed by atoms with Crippen LogP contribution >= 0.6 is 0 Å². The number of fused-ring (bicyclic) bond motifs is 1. The lowest BCUT2D eigenvalue weighted by atomic mass is 10.1. The van der Waals surface area contributed by atoms with Gasteiger partial charge in [0, 0.05) is 19.3 Å². The smallest absolute Gasteiger partial charge is 0.275 e. The van der Waals surface area contributed by atoms with Gasteiger partial charge >= 0.3 is 0 Å². The van der Waals surface area contributed by atoms with Crippen molar-refractivity contribution < 1.29 is 9.90 Å². The highest BCUT2D eigenvalue weighted by atomic mass is 16.3. The molecule has 0 fully saturated rings. The number of hydrazone groups is 1. The second-order valence-corrected chi connectivity index (χ2v) is 6.34. The molecule has 3 aromatic rings. The number of hydrogen-bond donors (Lipinski definition) is 2. The summed E-state index contributed by atoms with van der Waals surface area (Å²) in [6.45, 7) is 0.662. The average molecular weight is 372 g/mol. The molecule has 0 aromatic heterocycles. The molecule has 1 amide bonds. The summed E-state index contributed by atoms with van der Waals surface area (Å²) in [6.07, 6.45) is 2.00. The van der Waals surface area contributed by atoms with Crippen molar-refractivity contribution in [2.75, 3.05) is 18.5 Å². The van der Waals surface area contributed by atoms with Gasteiger partial charge in [-0.1, -0.05) is 36.4 Å². The number of rotatable bonds is 6. The van der Waals surface area contributed by atoms with Crippen molar-refractivity contribution in [1.82, 2.24) is 5.43 Å². The lowest BCUT2D eigenvalue weighted by Crippen LogP contribution is -2.18. The van der Waals surface area contributed by atoms with Crippen molar-refractivity contribution in [3.05, 3.63) is 71.8 Å². The van der Waals surface area contributed by atoms with Crippen LogP contribution in [0.1, 0.15) is 22.3 Å². The topological polar surface area (TPSA) is 88.7 Å². The first-order valence-corrected chi connectivity index (χ1v) is 8.82. The molecule has 0 unspecified atom stereocenters. The van der Waals surface area contributed by atoms with Crippen molar-refractivity contribution in [3.63, 3.8) is 0 Å². The summed E-state index contributed by atoms with van der Waals surface area (Å²) in [5.74, 6) is -0.566. The number of amides is 1. The first-order valence-electron chi connectivity index (χ1n) is 8.82. The Morgan fingerprint density at radius 3 is 2.54 bits per heavy atom. The Morgan fingerprint density at radius 1 is 1.18 bits per heavy atom. The number of hydrogen-bond acceptors (Lipinski definition) is 5. The highest BCUT2D eigenvalue weighted by molar-refractivity contribution is 6.01. The van der Waals surface area contributed by atoms with Crippen molar-refractivity contribution in [2.24, 2.45) is 5.10 Å². The maximum Gasteiger partial charge on any atom is 0.275 e. The van der Waals surface area contributed by atoms with Crippen LogP contribution in [0, 0.1) is 11.3 Å². The summed E-state index contributed by atoms with van der Waals surface area (Å²) in [4.78, 5) is 14.3. The van der Waals surface area contributed by atoms with E-state index in [-0.39, 0.29) is 11.3 Å². The summed E-state index contributed by atoms with van der Waals surface area (Å²) in [5.41, 5.74) is 4.43. The quantitative estimate of drug-likeness (QED) is 0.510. The number of aromatic hydroxyl groups is 1. The van der Waals surface area contributed by atoms with E-state index in [0.29, 0.717) is 13.0 Å². The van der Waals surface area contributed by atoms with Crippen molar-refractivity contribution in [2.45, 2.75) is 6.42 Å². The molecule has 28 heavy (non-hydrogen) atoms. The molecular formula is C22H20N4O2. The zero-order valence-corrected chi connectivity index (χ0v) is 15.5. The van der Waals surface area contributed by atoms with Gasteiger partial charge in [0.2, 0.25) is 0 Å². The minimum Gasteiger partial charge on any atom is -0.507 e. The van der Waals surface area contributed by atoms with Crippen molar-refractivity contribution in [1.29, 1.82) is 5.26 Å². The number of nitrogens with one attached hydrogen (secondary N) is 1. The van der Waals surface area contributed by atoms with Crippen LogP contribution in [0.3, 0.4) is 0 Å². The van der Waals surface area contributed by atoms with Gasteiger partial charge in [0.1, 0.15) is 5.75 Å². The normalized spacial score (nSPS) is 10.7. The molecule has 0 heterocycles. The van der Waals surface area contributed by atoms with Crippen molar-refractivity contribution in [3.8, 4) is 11.8 Å². The molecule has 3 rings (SSSR count). The SMILES string of the molecule is CN(CCC#N)c1ccc(C=NNC(=O)c2cc3ccccc3cc2O)cc1. The standard InChI is InChI=1S/C22H20N4O2/c1-26(12-4-11-23)19-9-7-16(8-10-19)15-24-25-22(28)20-13-17-5-2-3-6-18(17)14-21(20)27/h2-3,5-10,13-15,27H,4,12H2,1H3,(H,25,28). The van der Waals surface area contributed by atoms with Crippen LogP contribution in [0.25, 0.3) is 10.8 Å². The van der Waals surface area contributed by atoms with E-state index in [1.165, 1.54) is 6.21 Å². The van der Waals surface area contributed by atoms with Gasteiger partial charge in [0.15, 0.2) is 0 Å². The number of phenols is 1. The molecule has 0 atom stereocenters. The monoisotopic (exact) mass is 372 g/mol. The number of anilines is 1. The van der Waals surface area contributed by atoms with Gasteiger partial charge in [-0.15, -0.1) is 0 Å². The third-order valence-electron chi connectivity index (χ3n) is 4.38. The van der Waals surface area contributed by atoms with E-state index in [4.69, 9.17) is 5.26 Å². The van der Waals surface area contributed by atoms with Crippen LogP contribution in [0.2, 0.25) is 0 Å². The zero-order chi connectivity index (χ0) is 19.9. The number of nitrogens with zero attached hydrogens (tertiary/aromatic N) is 3. The van der Waals surface area contributed by atoms with Crippen LogP contribution in [-0.2, 0) is 0 Å². The maximum atomic E-state index is 12.3. The van der Waals surface area contributed by atoms with E-state index in [1.54, 1.807) is 12.1 Å². The fraction of sp³-hybridized carbons (Fsp3) is 0.136. The van der Waals surface area contributed by atoms with E-state index in [9.17, 15) is 9.90 Å². The van der Waals surface area contributed by atoms with E-state index < -0.39 is 5.91 Å². The molecule has 0 aliphatic heterocycles. The van der Waals surface area contributed by atoms with Gasteiger partial charge in [-0.25, -0.2) is 5.43 Å². The predicted octanol–water partition coefficient (Wildman–Crippen LogP) is 3.66. The van der Waals surface area contributed by atoms with E-state index in [1.807, 2.05) is 60.5 Å². The maximum absolute atomic E-state index is 12.3. The number of phenolic OH excluding ortho intramolecular Hbond substituents is 1. The van der Waals surface area contributed by atoms with Crippen LogP contribution in [0.5, 0.6) is 5.75 Å². The second kappa shape index (κ2) is 8.69. The van der Waals surface area contributed by atoms with Crippen molar-refractivity contribution >= 4 is 28.6 Å². The lowest BCUT2D eigenvalue weighted by Gasteiger charge is -2.17. The predicted molar refractivity (Wildman–Crippen MR) is 111 cm³/mol. The van der Waals surface area contributed by atoms with Gasteiger partial charge in [-0.3, -0.25) is 4.79 Å². The molecule has 0 spiro atoms. The molecule has 2 N–H and O–H groups in total. The first kappa shape index (κ1) is 18.9. The number of carbonyl (C=O) groups is 1. The molecule has 6 heteroatoms. The van der Waals surface area contributed by atoms with Crippen LogP contribution in [0.4, 0.5) is 5.69 Å². The molecule has 0 saturated carbocycles. The molecular weight excluding hydrogens is 352 g/mol. The zero-order valence-electron chi connectivity index (χ0n) is 15.5. The molecule has 0 aliphatic carbocycles. The molecule has 0 bridgehead atoms. The van der Waals surface area contributed by atoms with Crippen LogP contribution < -0.4 is 10.3 Å². The Morgan fingerprint density at radius 2 is 1.86 bits per heavy atom. The minimum atomic E-state index is -0.479. The average Bonchev–Trinajstić information content (AvgIpc) is 2.71. The fourth-order valence-corrected chi connectivity index (χ4v) is 2.80. The van der Waals surface area contributed by atoms with Gasteiger partial charge in [0.05, 0.1) is 24.3 Å². The second-order valence-electron chi connectivity index (χ2n) is 6.34. The van der Waals surface area contributed by atoms with E-state index in [0.717, 1.165) is 22.0 Å². The van der Waals surface area contributed by atoms with Gasteiger partial charge < -0.3 is 10.0 Å². The van der Waals surface area contributed by atoms with Gasteiger partial charge in [0.25, 0.3) is 5.91 Å². The van der Waals surface area contributed by atoms with Crippen LogP contribution in [0.15, 0.2) is 65.8 Å². The number of nitriles is 1. The third kappa shape index (κ3) is 4.46. The summed E-state index contributed by atoms with van der Waals surface area (Å²) in [6, 6.07) is 20.4. The van der Waals surface area contributed by atoms with E-state index >= 15 is 0 Å². The largest absolute Gasteiger partial charge is 0.507 e. The molecule has 3 aromatic carbocycles. The van der Waals surface area contributed by atoms with Crippen LogP contribution in [-0.4, -0.2) is 30.8 Å². The fourth-order valence-electron chi connectivity index (χ4n) is 2.80. The lowest BCUT2D eigenvalue weighted by molar-refractivity contribution is 0.0952. The summed E-state index contributed by atoms with van der Waals surface area (Å²) in [7, 11) is 1.93. The van der Waals surface area contributed by atoms with E-state index in [2.05, 4.69) is 16.6 Å². The Hall–Kier alpha value is -3.85. The molecule has 140 valence electrons.